The lowest BCUT2D eigenvalue weighted by molar-refractivity contribution is -0.384. The maximum Gasteiger partial charge on any atom is 0.271 e. The van der Waals surface area contributed by atoms with Crippen LogP contribution in [0.15, 0.2) is 30.3 Å². The van der Waals surface area contributed by atoms with E-state index in [0.29, 0.717) is 10.5 Å². The van der Waals surface area contributed by atoms with Crippen molar-refractivity contribution in [3.63, 3.8) is 0 Å². The fraction of sp³-hybridized carbons (Fsp3) is 0.0625. The van der Waals surface area contributed by atoms with Gasteiger partial charge in [0, 0.05) is 12.1 Å². The summed E-state index contributed by atoms with van der Waals surface area (Å²) >= 11 is 7.37. The molecule has 0 spiro atoms. The Kier molecular flexibility index (Phi) is 4.37. The lowest BCUT2D eigenvalue weighted by Gasteiger charge is -2.05. The number of non-ortho nitro benzene ring substituents is 1. The van der Waals surface area contributed by atoms with Crippen LogP contribution in [0.5, 0.6) is 11.5 Å². The third kappa shape index (κ3) is 3.17. The number of rotatable bonds is 4. The highest BCUT2D eigenvalue weighted by Gasteiger charge is 2.10. The van der Waals surface area contributed by atoms with Crippen molar-refractivity contribution in [1.29, 1.82) is 0 Å². The fourth-order valence-electron chi connectivity index (χ4n) is 2.13. The average molecular weight is 363 g/mol. The van der Waals surface area contributed by atoms with Crippen LogP contribution in [0.2, 0.25) is 5.02 Å². The van der Waals surface area contributed by atoms with E-state index in [9.17, 15) is 15.2 Å². The number of nitrogens with zero attached hydrogens (tertiary/aromatic N) is 2. The minimum absolute atomic E-state index is 0.0124. The van der Waals surface area contributed by atoms with Crippen molar-refractivity contribution in [3.05, 3.63) is 56.0 Å². The summed E-state index contributed by atoms with van der Waals surface area (Å²) in [6, 6.07) is 7.84. The molecule has 6 nitrogen and oxygen atoms in total. The molecule has 0 unspecified atom stereocenters. The summed E-state index contributed by atoms with van der Waals surface area (Å²) in [6.07, 6.45) is 3.55. The molecule has 1 heterocycles. The molecule has 0 atom stereocenters. The minimum Gasteiger partial charge on any atom is -0.503 e. The number of ether oxygens (including phenoxy) is 1. The van der Waals surface area contributed by atoms with Gasteiger partial charge in [-0.3, -0.25) is 10.1 Å². The summed E-state index contributed by atoms with van der Waals surface area (Å²) in [5.74, 6) is 0.172. The number of hydrogen-bond donors (Lipinski definition) is 1. The van der Waals surface area contributed by atoms with Gasteiger partial charge in [0.15, 0.2) is 11.5 Å². The van der Waals surface area contributed by atoms with Gasteiger partial charge >= 0.3 is 0 Å². The van der Waals surface area contributed by atoms with Crippen LogP contribution in [0.1, 0.15) is 10.6 Å². The van der Waals surface area contributed by atoms with Crippen molar-refractivity contribution in [1.82, 2.24) is 4.98 Å². The normalized spacial score (nSPS) is 11.2. The van der Waals surface area contributed by atoms with Gasteiger partial charge in [-0.2, -0.15) is 0 Å². The van der Waals surface area contributed by atoms with Crippen LogP contribution in [-0.2, 0) is 0 Å². The van der Waals surface area contributed by atoms with Crippen molar-refractivity contribution in [3.8, 4) is 11.5 Å². The zero-order valence-corrected chi connectivity index (χ0v) is 14.0. The van der Waals surface area contributed by atoms with Gasteiger partial charge < -0.3 is 9.84 Å². The number of methoxy groups -OCH3 is 1. The van der Waals surface area contributed by atoms with E-state index in [2.05, 4.69) is 4.98 Å². The molecule has 24 heavy (non-hydrogen) atoms. The number of benzene rings is 2. The molecule has 122 valence electrons. The first-order valence-electron chi connectivity index (χ1n) is 6.77. The van der Waals surface area contributed by atoms with Crippen LogP contribution < -0.4 is 4.74 Å². The minimum atomic E-state index is -0.445. The standard InChI is InChI=1S/C16H11ClN2O4S/c1-23-13-7-9(6-11(17)16(13)20)2-5-15-18-12-8-10(19(21)22)3-4-14(12)24-15/h2-8,20H,1H3/b5-2+. The second-order valence-electron chi connectivity index (χ2n) is 4.85. The van der Waals surface area contributed by atoms with Crippen LogP contribution >= 0.6 is 22.9 Å². The van der Waals surface area contributed by atoms with E-state index in [4.69, 9.17) is 16.3 Å². The van der Waals surface area contributed by atoms with Gasteiger partial charge in [0.1, 0.15) is 5.01 Å². The first kappa shape index (κ1) is 16.2. The molecular weight excluding hydrogens is 352 g/mol. The Labute approximate surface area is 145 Å². The molecule has 0 saturated heterocycles. The summed E-state index contributed by atoms with van der Waals surface area (Å²) in [6.45, 7) is 0. The number of halogens is 1. The lowest BCUT2D eigenvalue weighted by atomic mass is 10.2. The molecule has 0 fully saturated rings. The van der Waals surface area contributed by atoms with Gasteiger partial charge in [-0.1, -0.05) is 17.7 Å². The summed E-state index contributed by atoms with van der Waals surface area (Å²) < 4.78 is 5.92. The Morgan fingerprint density at radius 3 is 2.83 bits per heavy atom. The quantitative estimate of drug-likeness (QED) is 0.535. The van der Waals surface area contributed by atoms with Crippen molar-refractivity contribution < 1.29 is 14.8 Å². The van der Waals surface area contributed by atoms with E-state index in [1.54, 1.807) is 30.4 Å². The topological polar surface area (TPSA) is 85.5 Å². The van der Waals surface area contributed by atoms with Crippen molar-refractivity contribution >= 4 is 51.0 Å². The molecule has 8 heteroatoms. The van der Waals surface area contributed by atoms with Crippen molar-refractivity contribution in [2.24, 2.45) is 0 Å². The first-order valence-corrected chi connectivity index (χ1v) is 7.97. The van der Waals surface area contributed by atoms with Gasteiger partial charge in [0.2, 0.25) is 0 Å². The van der Waals surface area contributed by atoms with Gasteiger partial charge in [0.05, 0.1) is 27.3 Å². The maximum absolute atomic E-state index is 10.8. The van der Waals surface area contributed by atoms with Gasteiger partial charge in [-0.05, 0) is 29.8 Å². The Hall–Kier alpha value is -2.64. The lowest BCUT2D eigenvalue weighted by Crippen LogP contribution is -1.86. The van der Waals surface area contributed by atoms with E-state index in [-0.39, 0.29) is 22.2 Å². The molecular formula is C16H11ClN2O4S. The Morgan fingerprint density at radius 1 is 1.33 bits per heavy atom. The molecule has 0 aliphatic carbocycles. The van der Waals surface area contributed by atoms with Crippen molar-refractivity contribution in [2.75, 3.05) is 7.11 Å². The van der Waals surface area contributed by atoms with Gasteiger partial charge in [-0.15, -0.1) is 11.3 Å². The Morgan fingerprint density at radius 2 is 2.12 bits per heavy atom. The van der Waals surface area contributed by atoms with Gasteiger partial charge in [-0.25, -0.2) is 4.98 Å². The molecule has 0 aliphatic heterocycles. The number of nitro benzene ring substituents is 1. The highest BCUT2D eigenvalue weighted by atomic mass is 35.5. The molecule has 1 N–H and O–H groups in total. The summed E-state index contributed by atoms with van der Waals surface area (Å²) in [4.78, 5) is 14.7. The first-order chi connectivity index (χ1) is 11.5. The van der Waals surface area contributed by atoms with Crippen LogP contribution in [0.25, 0.3) is 22.4 Å². The SMILES string of the molecule is COc1cc(/C=C/c2nc3cc([N+](=O)[O-])ccc3s2)cc(Cl)c1O. The number of hydrogen-bond acceptors (Lipinski definition) is 6. The van der Waals surface area contributed by atoms with E-state index >= 15 is 0 Å². The van der Waals surface area contributed by atoms with Crippen molar-refractivity contribution in [2.45, 2.75) is 0 Å². The monoisotopic (exact) mass is 362 g/mol. The van der Waals surface area contributed by atoms with Gasteiger partial charge in [0.25, 0.3) is 5.69 Å². The molecule has 2 aromatic carbocycles. The molecule has 0 aliphatic rings. The molecule has 3 rings (SSSR count). The Bertz CT molecular complexity index is 968. The number of nitro groups is 1. The summed E-state index contributed by atoms with van der Waals surface area (Å²) in [5, 5.41) is 21.4. The second kappa shape index (κ2) is 6.46. The number of fused-ring (bicyclic) bond motifs is 1. The van der Waals surface area contributed by atoms with E-state index < -0.39 is 4.92 Å². The predicted molar refractivity (Wildman–Crippen MR) is 94.9 cm³/mol. The molecule has 0 bridgehead atoms. The molecule has 0 amide bonds. The largest absolute Gasteiger partial charge is 0.503 e. The molecule has 1 aromatic heterocycles. The zero-order valence-electron chi connectivity index (χ0n) is 12.4. The molecule has 0 radical (unpaired) electrons. The number of thiazole rings is 1. The fourth-order valence-corrected chi connectivity index (χ4v) is 3.20. The number of aromatic hydroxyl groups is 1. The summed E-state index contributed by atoms with van der Waals surface area (Å²) in [5.41, 5.74) is 1.33. The smallest absolute Gasteiger partial charge is 0.271 e. The molecule has 0 saturated carbocycles. The summed E-state index contributed by atoms with van der Waals surface area (Å²) in [7, 11) is 1.44. The van der Waals surface area contributed by atoms with Crippen LogP contribution in [0.3, 0.4) is 0 Å². The maximum atomic E-state index is 10.8. The van der Waals surface area contributed by atoms with E-state index in [1.165, 1.54) is 30.6 Å². The number of phenols is 1. The predicted octanol–water partition coefficient (Wildman–Crippen LogP) is 4.74. The second-order valence-corrected chi connectivity index (χ2v) is 6.32. The average Bonchev–Trinajstić information content (AvgIpc) is 2.97. The highest BCUT2D eigenvalue weighted by molar-refractivity contribution is 7.19. The number of aromatic nitrogens is 1. The molecule has 3 aromatic rings. The highest BCUT2D eigenvalue weighted by Crippen LogP contribution is 2.35. The van der Waals surface area contributed by atoms with Crippen LogP contribution in [0.4, 0.5) is 5.69 Å². The zero-order chi connectivity index (χ0) is 17.3. The Balaban J connectivity index is 1.93. The number of phenolic OH excluding ortho intramolecular Hbond substituents is 1. The van der Waals surface area contributed by atoms with Crippen LogP contribution in [-0.4, -0.2) is 22.1 Å². The van der Waals surface area contributed by atoms with E-state index in [0.717, 1.165) is 10.3 Å². The van der Waals surface area contributed by atoms with Crippen LogP contribution in [0, 0.1) is 10.1 Å². The third-order valence-corrected chi connectivity index (χ3v) is 4.58. The van der Waals surface area contributed by atoms with E-state index in [1.807, 2.05) is 0 Å². The third-order valence-electron chi connectivity index (χ3n) is 3.29.